The average Bonchev–Trinajstić information content (AvgIpc) is 2.80. The van der Waals surface area contributed by atoms with Crippen LogP contribution in [0.2, 0.25) is 0 Å². The van der Waals surface area contributed by atoms with Crippen LogP contribution in [0.15, 0.2) is 66.7 Å². The van der Waals surface area contributed by atoms with Crippen molar-refractivity contribution in [2.24, 2.45) is 0 Å². The fraction of sp³-hybridized carbons (Fsp3) is 0.367. The largest absolute Gasteiger partial charge is 0.489 e. The summed E-state index contributed by atoms with van der Waals surface area (Å²) < 4.78 is 19.4. The van der Waals surface area contributed by atoms with Crippen LogP contribution in [0.3, 0.4) is 0 Å². The van der Waals surface area contributed by atoms with E-state index in [4.69, 9.17) is 4.74 Å². The molecule has 1 N–H and O–H groups in total. The van der Waals surface area contributed by atoms with Gasteiger partial charge < -0.3 is 9.84 Å². The van der Waals surface area contributed by atoms with Crippen molar-refractivity contribution in [3.63, 3.8) is 0 Å². The summed E-state index contributed by atoms with van der Waals surface area (Å²) in [5.74, 6) is -0.850. The van der Waals surface area contributed by atoms with Crippen LogP contribution in [0.25, 0.3) is 0 Å². The molecule has 0 spiro atoms. The minimum absolute atomic E-state index is 0.0624. The first kappa shape index (κ1) is 24.0. The highest BCUT2D eigenvalue weighted by atomic mass is 19.1. The van der Waals surface area contributed by atoms with Crippen molar-refractivity contribution < 1.29 is 19.0 Å². The van der Waals surface area contributed by atoms with E-state index in [0.717, 1.165) is 22.4 Å². The van der Waals surface area contributed by atoms with Gasteiger partial charge in [0.05, 0.1) is 6.42 Å². The fourth-order valence-electron chi connectivity index (χ4n) is 4.99. The van der Waals surface area contributed by atoms with Crippen LogP contribution >= 0.6 is 0 Å². The van der Waals surface area contributed by atoms with Crippen LogP contribution in [0.4, 0.5) is 4.39 Å². The second kappa shape index (κ2) is 9.25. The number of ether oxygens (including phenoxy) is 1. The molecule has 0 fully saturated rings. The number of rotatable bonds is 7. The van der Waals surface area contributed by atoms with Crippen molar-refractivity contribution in [3.05, 3.63) is 100 Å². The van der Waals surface area contributed by atoms with Crippen molar-refractivity contribution in [1.29, 1.82) is 0 Å². The molecule has 1 unspecified atom stereocenters. The predicted octanol–water partition coefficient (Wildman–Crippen LogP) is 7.36. The summed E-state index contributed by atoms with van der Waals surface area (Å²) in [6.07, 6.45) is 2.30. The highest BCUT2D eigenvalue weighted by Gasteiger charge is 2.36. The summed E-state index contributed by atoms with van der Waals surface area (Å²) in [4.78, 5) is 11.4. The number of hydrogen-bond acceptors (Lipinski definition) is 2. The van der Waals surface area contributed by atoms with Gasteiger partial charge in [0.25, 0.3) is 0 Å². The Morgan fingerprint density at radius 1 is 0.882 bits per heavy atom. The second-order valence-electron chi connectivity index (χ2n) is 10.7. The van der Waals surface area contributed by atoms with Crippen LogP contribution in [-0.2, 0) is 22.2 Å². The molecular weight excluding hydrogens is 427 g/mol. The molecule has 0 saturated carbocycles. The average molecular weight is 461 g/mol. The van der Waals surface area contributed by atoms with Crippen LogP contribution in [0.1, 0.15) is 80.7 Å². The quantitative estimate of drug-likeness (QED) is 0.401. The lowest BCUT2D eigenvalue weighted by Gasteiger charge is -2.42. The van der Waals surface area contributed by atoms with E-state index in [1.54, 1.807) is 12.1 Å². The molecule has 1 aliphatic carbocycles. The Labute approximate surface area is 201 Å². The van der Waals surface area contributed by atoms with Gasteiger partial charge in [-0.15, -0.1) is 0 Å². The van der Waals surface area contributed by atoms with Crippen molar-refractivity contribution in [3.8, 4) is 5.75 Å². The summed E-state index contributed by atoms with van der Waals surface area (Å²) >= 11 is 0. The molecule has 3 nitrogen and oxygen atoms in total. The first-order valence-corrected chi connectivity index (χ1v) is 11.9. The number of fused-ring (bicyclic) bond motifs is 1. The number of halogens is 1. The molecule has 0 saturated heterocycles. The summed E-state index contributed by atoms with van der Waals surface area (Å²) in [5.41, 5.74) is 5.97. The number of carbonyl (C=O) groups is 1. The maximum atomic E-state index is 13.3. The Bertz CT molecular complexity index is 1160. The minimum atomic E-state index is -0.895. The van der Waals surface area contributed by atoms with E-state index in [2.05, 4.69) is 45.9 Å². The lowest BCUT2D eigenvalue weighted by Crippen LogP contribution is -2.33. The molecule has 1 aliphatic rings. The molecule has 3 aromatic carbocycles. The van der Waals surface area contributed by atoms with E-state index in [9.17, 15) is 14.3 Å². The Kier molecular flexibility index (Phi) is 6.53. The van der Waals surface area contributed by atoms with Gasteiger partial charge in [0.2, 0.25) is 0 Å². The first-order chi connectivity index (χ1) is 16.0. The highest BCUT2D eigenvalue weighted by Crippen LogP contribution is 2.46. The molecule has 0 bridgehead atoms. The van der Waals surface area contributed by atoms with Gasteiger partial charge >= 0.3 is 5.97 Å². The second-order valence-corrected chi connectivity index (χ2v) is 10.7. The topological polar surface area (TPSA) is 46.5 Å². The van der Waals surface area contributed by atoms with Crippen LogP contribution < -0.4 is 4.74 Å². The van der Waals surface area contributed by atoms with Crippen LogP contribution in [0, 0.1) is 5.82 Å². The van der Waals surface area contributed by atoms with E-state index >= 15 is 0 Å². The van der Waals surface area contributed by atoms with E-state index in [1.165, 1.54) is 36.1 Å². The van der Waals surface area contributed by atoms with Crippen LogP contribution in [0.5, 0.6) is 5.75 Å². The summed E-state index contributed by atoms with van der Waals surface area (Å²) in [5, 5.41) is 9.38. The van der Waals surface area contributed by atoms with Gasteiger partial charge in [0.1, 0.15) is 18.2 Å². The number of benzene rings is 3. The molecule has 1 atom stereocenters. The molecule has 3 aromatic rings. The van der Waals surface area contributed by atoms with Crippen LogP contribution in [-0.4, -0.2) is 11.1 Å². The SMILES string of the molecule is CC1(C)CCC(C)(C)c2cc(COc3ccc(C(CC(=O)O)c4ccc(F)cc4)cc3)ccc21. The molecule has 0 heterocycles. The summed E-state index contributed by atoms with van der Waals surface area (Å²) in [7, 11) is 0. The molecule has 34 heavy (non-hydrogen) atoms. The van der Waals surface area contributed by atoms with Gasteiger partial charge in [-0.3, -0.25) is 4.79 Å². The third-order valence-electron chi connectivity index (χ3n) is 7.26. The molecule has 0 aromatic heterocycles. The third-order valence-corrected chi connectivity index (χ3v) is 7.26. The maximum Gasteiger partial charge on any atom is 0.304 e. The number of carboxylic acids is 1. The molecular formula is C30H33FO3. The summed E-state index contributed by atoms with van der Waals surface area (Å²) in [6.45, 7) is 9.75. The van der Waals surface area contributed by atoms with Gasteiger partial charge in [0.15, 0.2) is 0 Å². The van der Waals surface area contributed by atoms with Gasteiger partial charge in [-0.05, 0) is 75.8 Å². The Balaban J connectivity index is 1.50. The summed E-state index contributed by atoms with van der Waals surface area (Å²) in [6, 6.07) is 20.3. The predicted molar refractivity (Wildman–Crippen MR) is 133 cm³/mol. The zero-order valence-corrected chi connectivity index (χ0v) is 20.4. The standard InChI is InChI=1S/C30H33FO3/c1-29(2)15-16-30(3,4)27-17-20(5-14-26(27)29)19-34-24-12-8-22(9-13-24)25(18-28(32)33)21-6-10-23(31)11-7-21/h5-14,17,25H,15-16,18-19H2,1-4H3,(H,32,33). The first-order valence-electron chi connectivity index (χ1n) is 11.9. The number of hydrogen-bond donors (Lipinski definition) is 1. The molecule has 4 rings (SSSR count). The Morgan fingerprint density at radius 2 is 1.44 bits per heavy atom. The monoisotopic (exact) mass is 460 g/mol. The van der Waals surface area contributed by atoms with Crippen molar-refractivity contribution >= 4 is 5.97 Å². The molecule has 4 heteroatoms. The molecule has 0 aliphatic heterocycles. The normalized spacial score (nSPS) is 17.0. The third kappa shape index (κ3) is 5.16. The Morgan fingerprint density at radius 3 is 2.03 bits per heavy atom. The zero-order valence-electron chi connectivity index (χ0n) is 20.4. The van der Waals surface area contributed by atoms with E-state index < -0.39 is 5.97 Å². The van der Waals surface area contributed by atoms with Gasteiger partial charge in [-0.1, -0.05) is 70.2 Å². The number of aliphatic carboxylic acids is 1. The molecule has 0 amide bonds. The Hall–Kier alpha value is -3.14. The number of carboxylic acid groups (broad SMARTS) is 1. The van der Waals surface area contributed by atoms with Gasteiger partial charge in [-0.25, -0.2) is 4.39 Å². The van der Waals surface area contributed by atoms with E-state index in [0.29, 0.717) is 6.61 Å². The van der Waals surface area contributed by atoms with Crippen molar-refractivity contribution in [1.82, 2.24) is 0 Å². The smallest absolute Gasteiger partial charge is 0.304 e. The van der Waals surface area contributed by atoms with Crippen molar-refractivity contribution in [2.45, 2.75) is 70.3 Å². The lowest BCUT2D eigenvalue weighted by atomic mass is 9.63. The molecule has 0 radical (unpaired) electrons. The zero-order chi connectivity index (χ0) is 24.5. The van der Waals surface area contributed by atoms with Gasteiger partial charge in [-0.2, -0.15) is 0 Å². The van der Waals surface area contributed by atoms with E-state index in [1.807, 2.05) is 24.3 Å². The lowest BCUT2D eigenvalue weighted by molar-refractivity contribution is -0.137. The fourth-order valence-corrected chi connectivity index (χ4v) is 4.99. The van der Waals surface area contributed by atoms with E-state index in [-0.39, 0.29) is 29.0 Å². The van der Waals surface area contributed by atoms with Gasteiger partial charge in [0, 0.05) is 5.92 Å². The molecule has 178 valence electrons. The van der Waals surface area contributed by atoms with Crippen molar-refractivity contribution in [2.75, 3.05) is 0 Å². The maximum absolute atomic E-state index is 13.3. The minimum Gasteiger partial charge on any atom is -0.489 e. The highest BCUT2D eigenvalue weighted by molar-refractivity contribution is 5.69.